The molecule has 1 amide bonds. The number of ether oxygens (including phenoxy) is 1. The van der Waals surface area contributed by atoms with E-state index in [2.05, 4.69) is 4.98 Å². The normalized spacial score (nSPS) is 16.9. The van der Waals surface area contributed by atoms with Gasteiger partial charge in [-0.2, -0.15) is 0 Å². The number of hydrogen-bond acceptors (Lipinski definition) is 7. The van der Waals surface area contributed by atoms with Crippen molar-refractivity contribution >= 4 is 49.8 Å². The molecule has 5 aromatic rings. The number of ketones is 1. The molecule has 0 radical (unpaired) electrons. The Bertz CT molecular complexity index is 1830. The number of aryl methyl sites for hydroxylation is 3. The highest BCUT2D eigenvalue weighted by Crippen LogP contribution is 2.45. The van der Waals surface area contributed by atoms with Gasteiger partial charge in [-0.1, -0.05) is 42.5 Å². The van der Waals surface area contributed by atoms with Crippen molar-refractivity contribution in [2.24, 2.45) is 0 Å². The summed E-state index contributed by atoms with van der Waals surface area (Å²) < 4.78 is 8.52. The lowest BCUT2D eigenvalue weighted by Crippen LogP contribution is -2.29. The number of imidazole rings is 1. The fraction of sp³-hybridized carbons (Fsp3) is 0.226. The van der Waals surface area contributed by atoms with E-state index in [1.807, 2.05) is 92.9 Å². The monoisotopic (exact) mass is 552 g/mol. The summed E-state index contributed by atoms with van der Waals surface area (Å²) in [5.74, 6) is -1.15. The van der Waals surface area contributed by atoms with E-state index in [0.29, 0.717) is 34.4 Å². The molecule has 0 saturated carbocycles. The van der Waals surface area contributed by atoms with E-state index in [4.69, 9.17) is 9.72 Å². The van der Waals surface area contributed by atoms with Crippen LogP contribution in [0.4, 0.5) is 5.13 Å². The van der Waals surface area contributed by atoms with Crippen LogP contribution in [0, 0.1) is 20.8 Å². The Balaban J connectivity index is 1.55. The molecule has 1 unspecified atom stereocenters. The largest absolute Gasteiger partial charge is 0.505 e. The summed E-state index contributed by atoms with van der Waals surface area (Å²) in [4.78, 5) is 38.1. The lowest BCUT2D eigenvalue weighted by atomic mass is 9.96. The number of thiazole rings is 1. The van der Waals surface area contributed by atoms with Crippen LogP contribution < -0.4 is 9.64 Å². The van der Waals surface area contributed by atoms with Crippen molar-refractivity contribution in [3.05, 3.63) is 94.4 Å². The summed E-state index contributed by atoms with van der Waals surface area (Å²) in [7, 11) is 0. The number of pyridine rings is 1. The molecule has 2 aromatic carbocycles. The molecule has 0 aliphatic carbocycles. The summed E-state index contributed by atoms with van der Waals surface area (Å²) in [5, 5.41) is 12.1. The first-order chi connectivity index (χ1) is 19.3. The van der Waals surface area contributed by atoms with Crippen molar-refractivity contribution in [2.75, 3.05) is 11.5 Å². The van der Waals surface area contributed by atoms with Gasteiger partial charge in [0.1, 0.15) is 17.1 Å². The van der Waals surface area contributed by atoms with Crippen molar-refractivity contribution in [1.82, 2.24) is 14.4 Å². The Kier molecular flexibility index (Phi) is 6.38. The zero-order valence-electron chi connectivity index (χ0n) is 22.6. The van der Waals surface area contributed by atoms with Crippen LogP contribution in [0.15, 0.2) is 66.4 Å². The highest BCUT2D eigenvalue weighted by Gasteiger charge is 2.48. The third kappa shape index (κ3) is 4.14. The van der Waals surface area contributed by atoms with Gasteiger partial charge in [-0.15, -0.1) is 0 Å². The minimum Gasteiger partial charge on any atom is -0.505 e. The topological polar surface area (TPSA) is 97.0 Å². The first-order valence-corrected chi connectivity index (χ1v) is 14.0. The van der Waals surface area contributed by atoms with Gasteiger partial charge in [-0.3, -0.25) is 14.5 Å². The SMILES string of the molecule is CCCOc1ccc(C2/C(=C(\O)c3nc4c(C)cccn4c3C)C(=O)C(=O)N2c2nc3ccc(C)cc3s2)cc1. The second kappa shape index (κ2) is 9.91. The number of carbonyl (C=O) groups excluding carboxylic acids is 2. The van der Waals surface area contributed by atoms with Crippen molar-refractivity contribution in [3.63, 3.8) is 0 Å². The molecule has 1 aliphatic rings. The molecule has 0 spiro atoms. The summed E-state index contributed by atoms with van der Waals surface area (Å²) in [5.41, 5.74) is 4.97. The number of carbonyl (C=O) groups is 2. The molecular formula is C31H28N4O4S. The van der Waals surface area contributed by atoms with Crippen LogP contribution in [0.3, 0.4) is 0 Å². The molecule has 0 bridgehead atoms. The second-order valence-electron chi connectivity index (χ2n) is 9.98. The lowest BCUT2D eigenvalue weighted by Gasteiger charge is -2.23. The average Bonchev–Trinajstić information content (AvgIpc) is 3.60. The van der Waals surface area contributed by atoms with Crippen LogP contribution in [-0.4, -0.2) is 37.8 Å². The van der Waals surface area contributed by atoms with Crippen LogP contribution >= 0.6 is 11.3 Å². The first kappa shape index (κ1) is 25.8. The van der Waals surface area contributed by atoms with E-state index in [1.165, 1.54) is 16.2 Å². The van der Waals surface area contributed by atoms with Crippen LogP contribution in [0.1, 0.15) is 47.5 Å². The van der Waals surface area contributed by atoms with Crippen LogP contribution in [0.2, 0.25) is 0 Å². The number of aliphatic hydroxyl groups is 1. The zero-order chi connectivity index (χ0) is 28.1. The van der Waals surface area contributed by atoms with Gasteiger partial charge < -0.3 is 14.2 Å². The number of aromatic nitrogens is 3. The number of rotatable bonds is 6. The van der Waals surface area contributed by atoms with Crippen molar-refractivity contribution in [1.29, 1.82) is 0 Å². The number of anilines is 1. The van der Waals surface area contributed by atoms with Gasteiger partial charge in [0.05, 0.1) is 34.1 Å². The Labute approximate surface area is 235 Å². The molecule has 1 aliphatic heterocycles. The highest BCUT2D eigenvalue weighted by molar-refractivity contribution is 7.22. The predicted octanol–water partition coefficient (Wildman–Crippen LogP) is 6.28. The number of hydrogen-bond donors (Lipinski definition) is 1. The van der Waals surface area contributed by atoms with Gasteiger partial charge in [-0.25, -0.2) is 9.97 Å². The first-order valence-electron chi connectivity index (χ1n) is 13.1. The van der Waals surface area contributed by atoms with Gasteiger partial charge in [0.2, 0.25) is 0 Å². The highest BCUT2D eigenvalue weighted by atomic mass is 32.1. The Hall–Kier alpha value is -4.50. The molecule has 4 heterocycles. The van der Waals surface area contributed by atoms with E-state index >= 15 is 0 Å². The van der Waals surface area contributed by atoms with Gasteiger partial charge in [0.25, 0.3) is 5.78 Å². The Morgan fingerprint density at radius 1 is 1.05 bits per heavy atom. The number of amides is 1. The minimum absolute atomic E-state index is 0.0215. The van der Waals surface area contributed by atoms with E-state index in [0.717, 1.165) is 27.8 Å². The van der Waals surface area contributed by atoms with Crippen LogP contribution in [0.5, 0.6) is 5.75 Å². The number of fused-ring (bicyclic) bond motifs is 2. The standard InChI is InChI=1S/C31H28N4O4S/c1-5-15-39-21-11-9-20(10-12-21)26-24(27(36)25-19(4)34-14-6-7-18(3)29(34)33-25)28(37)30(38)35(26)31-32-22-13-8-17(2)16-23(22)40-31/h6-14,16,26,36H,5,15H2,1-4H3/b27-24+. The predicted molar refractivity (Wildman–Crippen MR) is 156 cm³/mol. The molecule has 3 aromatic heterocycles. The average molecular weight is 553 g/mol. The maximum atomic E-state index is 13.7. The third-order valence-electron chi connectivity index (χ3n) is 7.16. The third-order valence-corrected chi connectivity index (χ3v) is 8.18. The lowest BCUT2D eigenvalue weighted by molar-refractivity contribution is -0.132. The molecule has 40 heavy (non-hydrogen) atoms. The second-order valence-corrected chi connectivity index (χ2v) is 11.0. The van der Waals surface area contributed by atoms with Gasteiger partial charge in [-0.05, 0) is 74.2 Å². The van der Waals surface area contributed by atoms with E-state index in [-0.39, 0.29) is 17.0 Å². The molecule has 1 fully saturated rings. The molecule has 9 heteroatoms. The van der Waals surface area contributed by atoms with Crippen LogP contribution in [0.25, 0.3) is 21.6 Å². The van der Waals surface area contributed by atoms with Crippen LogP contribution in [-0.2, 0) is 9.59 Å². The van der Waals surface area contributed by atoms with E-state index < -0.39 is 17.7 Å². The Morgan fingerprint density at radius 2 is 1.82 bits per heavy atom. The van der Waals surface area contributed by atoms with Gasteiger partial charge >= 0.3 is 5.91 Å². The summed E-state index contributed by atoms with van der Waals surface area (Å²) in [6, 6.07) is 16.1. The summed E-state index contributed by atoms with van der Waals surface area (Å²) in [6.07, 6.45) is 2.73. The van der Waals surface area contributed by atoms with Gasteiger partial charge in [0.15, 0.2) is 10.9 Å². The molecule has 1 saturated heterocycles. The molecule has 202 valence electrons. The fourth-order valence-electron chi connectivity index (χ4n) is 5.11. The molecule has 6 rings (SSSR count). The molecule has 8 nitrogen and oxygen atoms in total. The Morgan fingerprint density at radius 3 is 2.55 bits per heavy atom. The maximum Gasteiger partial charge on any atom is 0.301 e. The number of Topliss-reactive ketones (excluding diaryl/α,β-unsaturated/α-hetero) is 1. The van der Waals surface area contributed by atoms with E-state index in [9.17, 15) is 14.7 Å². The summed E-state index contributed by atoms with van der Waals surface area (Å²) >= 11 is 1.34. The van der Waals surface area contributed by atoms with Crippen molar-refractivity contribution < 1.29 is 19.4 Å². The van der Waals surface area contributed by atoms with E-state index in [1.54, 1.807) is 0 Å². The quantitative estimate of drug-likeness (QED) is 0.151. The smallest absolute Gasteiger partial charge is 0.301 e. The fourth-order valence-corrected chi connectivity index (χ4v) is 6.20. The van der Waals surface area contributed by atoms with Crippen molar-refractivity contribution in [2.45, 2.75) is 40.2 Å². The maximum absolute atomic E-state index is 13.7. The number of nitrogens with zero attached hydrogens (tertiary/aromatic N) is 4. The molecule has 1 N–H and O–H groups in total. The van der Waals surface area contributed by atoms with Crippen molar-refractivity contribution in [3.8, 4) is 5.75 Å². The van der Waals surface area contributed by atoms with Gasteiger partial charge in [0, 0.05) is 6.20 Å². The summed E-state index contributed by atoms with van der Waals surface area (Å²) in [6.45, 7) is 8.36. The number of aliphatic hydroxyl groups excluding tert-OH is 1. The zero-order valence-corrected chi connectivity index (χ0v) is 23.5. The minimum atomic E-state index is -0.896. The number of benzene rings is 2. The molecule has 1 atom stereocenters. The molecular weight excluding hydrogens is 524 g/mol.